The van der Waals surface area contributed by atoms with Gasteiger partial charge in [-0.15, -0.1) is 0 Å². The van der Waals surface area contributed by atoms with Crippen molar-refractivity contribution in [2.24, 2.45) is 17.8 Å². The second-order valence-corrected chi connectivity index (χ2v) is 7.34. The van der Waals surface area contributed by atoms with Crippen LogP contribution in [0.15, 0.2) is 0 Å². The third-order valence-corrected chi connectivity index (χ3v) is 5.75. The molecule has 0 heterocycles. The maximum atomic E-state index is 6.03. The number of unbranched alkanes of at least 4 members (excludes halogenated alkanes) is 1. The Hall–Kier alpha value is -0.0400. The molecule has 118 valence electrons. The van der Waals surface area contributed by atoms with Crippen LogP contribution >= 0.6 is 0 Å². The normalized spacial score (nSPS) is 35.1. The van der Waals surface area contributed by atoms with Crippen molar-refractivity contribution in [2.75, 3.05) is 6.61 Å². The summed E-state index contributed by atoms with van der Waals surface area (Å²) in [5, 5.41) is 0. The average molecular weight is 280 g/mol. The van der Waals surface area contributed by atoms with E-state index < -0.39 is 0 Å². The minimum absolute atomic E-state index is 0.589. The van der Waals surface area contributed by atoms with Gasteiger partial charge in [0.25, 0.3) is 0 Å². The van der Waals surface area contributed by atoms with Crippen LogP contribution in [-0.2, 0) is 4.74 Å². The van der Waals surface area contributed by atoms with Crippen LogP contribution < -0.4 is 0 Å². The molecular weight excluding hydrogens is 244 g/mol. The topological polar surface area (TPSA) is 9.23 Å². The summed E-state index contributed by atoms with van der Waals surface area (Å²) in [4.78, 5) is 0. The van der Waals surface area contributed by atoms with Gasteiger partial charge < -0.3 is 4.74 Å². The molecule has 2 aliphatic rings. The van der Waals surface area contributed by atoms with Crippen LogP contribution in [-0.4, -0.2) is 12.7 Å². The summed E-state index contributed by atoms with van der Waals surface area (Å²) in [7, 11) is 0. The maximum Gasteiger partial charge on any atom is 0.0577 e. The summed E-state index contributed by atoms with van der Waals surface area (Å²) in [5.41, 5.74) is 0. The summed E-state index contributed by atoms with van der Waals surface area (Å²) < 4.78 is 6.03. The Morgan fingerprint density at radius 2 is 1.65 bits per heavy atom. The molecule has 2 atom stereocenters. The molecule has 0 N–H and O–H groups in total. The Morgan fingerprint density at radius 1 is 0.850 bits per heavy atom. The van der Waals surface area contributed by atoms with Crippen molar-refractivity contribution in [3.05, 3.63) is 0 Å². The first kappa shape index (κ1) is 16.3. The highest BCUT2D eigenvalue weighted by Crippen LogP contribution is 2.41. The van der Waals surface area contributed by atoms with E-state index in [0.29, 0.717) is 6.10 Å². The largest absolute Gasteiger partial charge is 0.378 e. The van der Waals surface area contributed by atoms with E-state index >= 15 is 0 Å². The highest BCUT2D eigenvalue weighted by atomic mass is 16.5. The van der Waals surface area contributed by atoms with Crippen LogP contribution in [0.3, 0.4) is 0 Å². The van der Waals surface area contributed by atoms with Gasteiger partial charge >= 0.3 is 0 Å². The van der Waals surface area contributed by atoms with E-state index in [4.69, 9.17) is 4.74 Å². The monoisotopic (exact) mass is 280 g/mol. The van der Waals surface area contributed by atoms with Crippen molar-refractivity contribution in [3.63, 3.8) is 0 Å². The predicted octanol–water partition coefficient (Wildman–Crippen LogP) is 5.97. The molecule has 2 rings (SSSR count). The van der Waals surface area contributed by atoms with E-state index in [1.807, 2.05) is 0 Å². The van der Waals surface area contributed by atoms with Gasteiger partial charge in [0.2, 0.25) is 0 Å². The Balaban J connectivity index is 1.69. The van der Waals surface area contributed by atoms with E-state index in [1.165, 1.54) is 77.0 Å². The molecule has 20 heavy (non-hydrogen) atoms. The van der Waals surface area contributed by atoms with E-state index in [0.717, 1.165) is 24.4 Å². The highest BCUT2D eigenvalue weighted by molar-refractivity contribution is 4.82. The first-order valence-electron chi connectivity index (χ1n) is 9.45. The lowest BCUT2D eigenvalue weighted by molar-refractivity contribution is -0.00185. The first-order valence-corrected chi connectivity index (χ1v) is 9.45. The average Bonchev–Trinajstić information content (AvgIpc) is 2.52. The molecule has 2 unspecified atom stereocenters. The van der Waals surface area contributed by atoms with Gasteiger partial charge in [-0.25, -0.2) is 0 Å². The fourth-order valence-electron chi connectivity index (χ4n) is 4.49. The lowest BCUT2D eigenvalue weighted by Gasteiger charge is -2.38. The van der Waals surface area contributed by atoms with Crippen molar-refractivity contribution in [1.82, 2.24) is 0 Å². The molecule has 0 spiro atoms. The Kier molecular flexibility index (Phi) is 7.41. The van der Waals surface area contributed by atoms with Crippen LogP contribution in [0.5, 0.6) is 0 Å². The fraction of sp³-hybridized carbons (Fsp3) is 1.00. The molecule has 0 aliphatic heterocycles. The van der Waals surface area contributed by atoms with E-state index in [9.17, 15) is 0 Å². The molecular formula is C19H36O. The zero-order chi connectivity index (χ0) is 14.2. The molecule has 0 aromatic carbocycles. The van der Waals surface area contributed by atoms with Gasteiger partial charge in [-0.3, -0.25) is 0 Å². The molecule has 0 saturated heterocycles. The summed E-state index contributed by atoms with van der Waals surface area (Å²) in [6.07, 6.45) is 17.7. The molecule has 0 amide bonds. The van der Waals surface area contributed by atoms with Crippen LogP contribution in [0, 0.1) is 17.8 Å². The quantitative estimate of drug-likeness (QED) is 0.558. The van der Waals surface area contributed by atoms with Crippen LogP contribution in [0.4, 0.5) is 0 Å². The number of rotatable bonds is 7. The molecule has 0 aromatic rings. The SMILES string of the molecule is CCCCC1CCC(C2CCCC(OCCC)C2)CC1. The Bertz CT molecular complexity index is 242. The minimum atomic E-state index is 0.589. The third kappa shape index (κ3) is 5.06. The third-order valence-electron chi connectivity index (χ3n) is 5.75. The molecule has 0 radical (unpaired) electrons. The second-order valence-electron chi connectivity index (χ2n) is 7.34. The molecule has 0 aromatic heterocycles. The first-order chi connectivity index (χ1) is 9.83. The van der Waals surface area contributed by atoms with Crippen molar-refractivity contribution in [1.29, 1.82) is 0 Å². The number of ether oxygens (including phenoxy) is 1. The molecule has 0 bridgehead atoms. The van der Waals surface area contributed by atoms with Gasteiger partial charge in [0.05, 0.1) is 6.10 Å². The maximum absolute atomic E-state index is 6.03. The van der Waals surface area contributed by atoms with Gasteiger partial charge in [-0.05, 0) is 56.3 Å². The molecule has 1 nitrogen and oxygen atoms in total. The van der Waals surface area contributed by atoms with Crippen molar-refractivity contribution in [3.8, 4) is 0 Å². The van der Waals surface area contributed by atoms with Gasteiger partial charge in [-0.2, -0.15) is 0 Å². The van der Waals surface area contributed by atoms with Crippen LogP contribution in [0.2, 0.25) is 0 Å². The van der Waals surface area contributed by atoms with Gasteiger partial charge in [-0.1, -0.05) is 52.4 Å². The zero-order valence-electron chi connectivity index (χ0n) is 13.9. The lowest BCUT2D eigenvalue weighted by atomic mass is 9.70. The van der Waals surface area contributed by atoms with E-state index in [2.05, 4.69) is 13.8 Å². The summed E-state index contributed by atoms with van der Waals surface area (Å²) in [6, 6.07) is 0. The van der Waals surface area contributed by atoms with Gasteiger partial charge in [0.15, 0.2) is 0 Å². The molecule has 1 heteroatoms. The minimum Gasteiger partial charge on any atom is -0.378 e. The predicted molar refractivity (Wildman–Crippen MR) is 87.0 cm³/mol. The van der Waals surface area contributed by atoms with Gasteiger partial charge in [0.1, 0.15) is 0 Å². The standard InChI is InChI=1S/C19H36O/c1-3-5-7-16-10-12-17(13-11-16)18-8-6-9-19(15-18)20-14-4-2/h16-19H,3-15H2,1-2H3. The molecule has 2 fully saturated rings. The number of hydrogen-bond acceptors (Lipinski definition) is 1. The smallest absolute Gasteiger partial charge is 0.0577 e. The second kappa shape index (κ2) is 9.07. The fourth-order valence-corrected chi connectivity index (χ4v) is 4.49. The van der Waals surface area contributed by atoms with Crippen molar-refractivity contribution >= 4 is 0 Å². The van der Waals surface area contributed by atoms with Crippen LogP contribution in [0.25, 0.3) is 0 Å². The Labute approximate surface area is 126 Å². The molecule has 2 aliphatic carbocycles. The van der Waals surface area contributed by atoms with Gasteiger partial charge in [0, 0.05) is 6.61 Å². The highest BCUT2D eigenvalue weighted by Gasteiger charge is 2.31. The summed E-state index contributed by atoms with van der Waals surface area (Å²) in [6.45, 7) is 5.52. The number of hydrogen-bond donors (Lipinski definition) is 0. The van der Waals surface area contributed by atoms with Crippen molar-refractivity contribution in [2.45, 2.75) is 97.0 Å². The molecule has 2 saturated carbocycles. The summed E-state index contributed by atoms with van der Waals surface area (Å²) >= 11 is 0. The van der Waals surface area contributed by atoms with Crippen molar-refractivity contribution < 1.29 is 4.74 Å². The lowest BCUT2D eigenvalue weighted by Crippen LogP contribution is -2.30. The van der Waals surface area contributed by atoms with E-state index in [1.54, 1.807) is 0 Å². The van der Waals surface area contributed by atoms with E-state index in [-0.39, 0.29) is 0 Å². The Morgan fingerprint density at radius 3 is 2.35 bits per heavy atom. The van der Waals surface area contributed by atoms with Crippen LogP contribution in [0.1, 0.15) is 90.9 Å². The summed E-state index contributed by atoms with van der Waals surface area (Å²) in [5.74, 6) is 3.07. The zero-order valence-corrected chi connectivity index (χ0v) is 13.9.